The van der Waals surface area contributed by atoms with E-state index in [1.165, 1.54) is 5.56 Å². The monoisotopic (exact) mass is 251 g/mol. The van der Waals surface area contributed by atoms with Gasteiger partial charge in [-0.3, -0.25) is 0 Å². The minimum atomic E-state index is -0.112. The molecule has 0 saturated carbocycles. The number of rotatable bonds is 3. The van der Waals surface area contributed by atoms with Gasteiger partial charge in [0.05, 0.1) is 11.1 Å². The van der Waals surface area contributed by atoms with Crippen molar-refractivity contribution in [3.63, 3.8) is 0 Å². The maximum absolute atomic E-state index is 6.21. The fraction of sp³-hybridized carbons (Fsp3) is 0.231. The fourth-order valence-electron chi connectivity index (χ4n) is 1.69. The van der Waals surface area contributed by atoms with E-state index in [0.29, 0.717) is 0 Å². The summed E-state index contributed by atoms with van der Waals surface area (Å²) in [6.45, 7) is 2.14. The second-order valence-corrected chi connectivity index (χ2v) is 5.06. The first-order chi connectivity index (χ1) is 7.72. The molecular formula is C13H14ClNS. The molecule has 16 heavy (non-hydrogen) atoms. The smallest absolute Gasteiger partial charge is 0.0661 e. The molecule has 1 atom stereocenters. The quantitative estimate of drug-likeness (QED) is 0.876. The van der Waals surface area contributed by atoms with Gasteiger partial charge in [-0.2, -0.15) is 0 Å². The van der Waals surface area contributed by atoms with Crippen molar-refractivity contribution in [2.24, 2.45) is 5.73 Å². The van der Waals surface area contributed by atoms with E-state index in [0.717, 1.165) is 21.9 Å². The van der Waals surface area contributed by atoms with Gasteiger partial charge in [-0.1, -0.05) is 42.8 Å². The molecule has 84 valence electrons. The van der Waals surface area contributed by atoms with Crippen LogP contribution in [-0.4, -0.2) is 0 Å². The highest BCUT2D eigenvalue weighted by Gasteiger charge is 2.13. The summed E-state index contributed by atoms with van der Waals surface area (Å²) in [6.07, 6.45) is 1.03. The van der Waals surface area contributed by atoms with Gasteiger partial charge >= 0.3 is 0 Å². The molecule has 2 N–H and O–H groups in total. The number of nitrogens with two attached hydrogens (primary N) is 1. The summed E-state index contributed by atoms with van der Waals surface area (Å²) in [5.41, 5.74) is 8.65. The predicted molar refractivity (Wildman–Crippen MR) is 71.2 cm³/mol. The minimum Gasteiger partial charge on any atom is -0.320 e. The molecule has 2 rings (SSSR count). The van der Waals surface area contributed by atoms with E-state index >= 15 is 0 Å². The zero-order valence-corrected chi connectivity index (χ0v) is 10.7. The van der Waals surface area contributed by atoms with Crippen LogP contribution >= 0.6 is 22.9 Å². The summed E-state index contributed by atoms with van der Waals surface area (Å²) in [6, 6.07) is 10.2. The van der Waals surface area contributed by atoms with Crippen LogP contribution < -0.4 is 5.73 Å². The molecule has 0 saturated heterocycles. The first-order valence-electron chi connectivity index (χ1n) is 5.29. The Morgan fingerprint density at radius 3 is 2.81 bits per heavy atom. The third kappa shape index (κ3) is 2.29. The zero-order chi connectivity index (χ0) is 11.5. The number of halogens is 1. The Morgan fingerprint density at radius 2 is 2.19 bits per heavy atom. The van der Waals surface area contributed by atoms with Crippen molar-refractivity contribution in [3.05, 3.63) is 56.7 Å². The Bertz CT molecular complexity index is 478. The first kappa shape index (κ1) is 11.6. The van der Waals surface area contributed by atoms with Gasteiger partial charge in [-0.15, -0.1) is 11.3 Å². The van der Waals surface area contributed by atoms with Gasteiger partial charge in [0.1, 0.15) is 0 Å². The number of hydrogen-bond acceptors (Lipinski definition) is 2. The molecule has 2 aromatic rings. The summed E-state index contributed by atoms with van der Waals surface area (Å²) in [4.78, 5) is 1.04. The van der Waals surface area contributed by atoms with E-state index in [4.69, 9.17) is 17.3 Å². The van der Waals surface area contributed by atoms with E-state index in [2.05, 4.69) is 31.2 Å². The highest BCUT2D eigenvalue weighted by Crippen LogP contribution is 2.31. The van der Waals surface area contributed by atoms with Gasteiger partial charge in [-0.25, -0.2) is 0 Å². The molecule has 0 amide bonds. The lowest BCUT2D eigenvalue weighted by atomic mass is 10.0. The van der Waals surface area contributed by atoms with Crippen LogP contribution in [-0.2, 0) is 6.42 Å². The van der Waals surface area contributed by atoms with E-state index in [1.54, 1.807) is 11.3 Å². The van der Waals surface area contributed by atoms with Gasteiger partial charge in [0.25, 0.3) is 0 Å². The normalized spacial score (nSPS) is 12.7. The molecule has 1 heterocycles. The SMILES string of the molecule is CCc1cccc(C(N)c2sccc2Cl)c1. The van der Waals surface area contributed by atoms with Crippen LogP contribution in [0.25, 0.3) is 0 Å². The third-order valence-electron chi connectivity index (χ3n) is 2.65. The molecule has 0 aliphatic heterocycles. The number of benzene rings is 1. The van der Waals surface area contributed by atoms with Crippen molar-refractivity contribution in [1.82, 2.24) is 0 Å². The molecule has 1 aromatic carbocycles. The van der Waals surface area contributed by atoms with E-state index in [1.807, 2.05) is 11.4 Å². The van der Waals surface area contributed by atoms with E-state index < -0.39 is 0 Å². The number of aryl methyl sites for hydroxylation is 1. The van der Waals surface area contributed by atoms with Crippen molar-refractivity contribution < 1.29 is 0 Å². The second-order valence-electron chi connectivity index (χ2n) is 3.71. The summed E-state index contributed by atoms with van der Waals surface area (Å²) < 4.78 is 0. The van der Waals surface area contributed by atoms with E-state index in [-0.39, 0.29) is 6.04 Å². The van der Waals surface area contributed by atoms with Crippen LogP contribution in [0.4, 0.5) is 0 Å². The lowest BCUT2D eigenvalue weighted by molar-refractivity contribution is 0.889. The highest BCUT2D eigenvalue weighted by molar-refractivity contribution is 7.10. The number of hydrogen-bond donors (Lipinski definition) is 1. The van der Waals surface area contributed by atoms with Crippen LogP contribution in [0.15, 0.2) is 35.7 Å². The Balaban J connectivity index is 2.33. The molecular weight excluding hydrogens is 238 g/mol. The second kappa shape index (κ2) is 5.00. The standard InChI is InChI=1S/C13H14ClNS/c1-2-9-4-3-5-10(8-9)12(15)13-11(14)6-7-16-13/h3-8,12H,2,15H2,1H3. The van der Waals surface area contributed by atoms with Crippen molar-refractivity contribution >= 4 is 22.9 Å². The van der Waals surface area contributed by atoms with Gasteiger partial charge in [-0.05, 0) is 29.0 Å². The fourth-order valence-corrected chi connectivity index (χ4v) is 2.89. The van der Waals surface area contributed by atoms with Gasteiger partial charge in [0, 0.05) is 4.88 Å². The van der Waals surface area contributed by atoms with Crippen molar-refractivity contribution in [3.8, 4) is 0 Å². The van der Waals surface area contributed by atoms with Crippen molar-refractivity contribution in [1.29, 1.82) is 0 Å². The summed E-state index contributed by atoms with van der Waals surface area (Å²) in [5, 5.41) is 2.74. The number of thiophene rings is 1. The lowest BCUT2D eigenvalue weighted by Crippen LogP contribution is -2.10. The molecule has 0 aliphatic rings. The third-order valence-corrected chi connectivity index (χ3v) is 4.09. The van der Waals surface area contributed by atoms with Crippen molar-refractivity contribution in [2.45, 2.75) is 19.4 Å². The molecule has 0 radical (unpaired) electrons. The maximum Gasteiger partial charge on any atom is 0.0661 e. The summed E-state index contributed by atoms with van der Waals surface area (Å²) >= 11 is 7.70. The van der Waals surface area contributed by atoms with Crippen LogP contribution in [0, 0.1) is 0 Å². The molecule has 0 fully saturated rings. The molecule has 1 aromatic heterocycles. The maximum atomic E-state index is 6.21. The van der Waals surface area contributed by atoms with Crippen LogP contribution in [0.5, 0.6) is 0 Å². The van der Waals surface area contributed by atoms with Gasteiger partial charge in [0.15, 0.2) is 0 Å². The summed E-state index contributed by atoms with van der Waals surface area (Å²) in [5.74, 6) is 0. The highest BCUT2D eigenvalue weighted by atomic mass is 35.5. The lowest BCUT2D eigenvalue weighted by Gasteiger charge is -2.12. The Morgan fingerprint density at radius 1 is 1.38 bits per heavy atom. The molecule has 1 unspecified atom stereocenters. The Kier molecular flexibility index (Phi) is 3.64. The molecule has 0 spiro atoms. The van der Waals surface area contributed by atoms with Crippen molar-refractivity contribution in [2.75, 3.05) is 0 Å². The molecule has 1 nitrogen and oxygen atoms in total. The average Bonchev–Trinajstić information content (AvgIpc) is 2.74. The zero-order valence-electron chi connectivity index (χ0n) is 9.11. The van der Waals surface area contributed by atoms with Crippen LogP contribution in [0.1, 0.15) is 29.0 Å². The largest absolute Gasteiger partial charge is 0.320 e. The topological polar surface area (TPSA) is 26.0 Å². The van der Waals surface area contributed by atoms with Gasteiger partial charge < -0.3 is 5.73 Å². The summed E-state index contributed by atoms with van der Waals surface area (Å²) in [7, 11) is 0. The Labute approximate surface area is 105 Å². The van der Waals surface area contributed by atoms with Crippen LogP contribution in [0.2, 0.25) is 5.02 Å². The molecule has 3 heteroatoms. The predicted octanol–water partition coefficient (Wildman–Crippen LogP) is 4.01. The molecule has 0 aliphatic carbocycles. The minimum absolute atomic E-state index is 0.112. The van der Waals surface area contributed by atoms with E-state index in [9.17, 15) is 0 Å². The first-order valence-corrected chi connectivity index (χ1v) is 6.55. The van der Waals surface area contributed by atoms with Crippen LogP contribution in [0.3, 0.4) is 0 Å². The molecule has 0 bridgehead atoms. The average molecular weight is 252 g/mol. The Hall–Kier alpha value is -0.830. The van der Waals surface area contributed by atoms with Gasteiger partial charge in [0.2, 0.25) is 0 Å².